The molecule has 5 heteroatoms. The van der Waals surface area contributed by atoms with Gasteiger partial charge in [0.1, 0.15) is 0 Å². The Morgan fingerprint density at radius 2 is 2.05 bits per heavy atom. The molecule has 0 aliphatic carbocycles. The van der Waals surface area contributed by atoms with E-state index in [2.05, 4.69) is 4.98 Å². The Labute approximate surface area is 109 Å². The smallest absolute Gasteiger partial charge is 0.255 e. The van der Waals surface area contributed by atoms with Crippen LogP contribution in [0.15, 0.2) is 36.5 Å². The van der Waals surface area contributed by atoms with E-state index in [1.165, 1.54) is 12.1 Å². The summed E-state index contributed by atoms with van der Waals surface area (Å²) in [6, 6.07) is 8.38. The number of pyridine rings is 1. The van der Waals surface area contributed by atoms with Crippen LogP contribution in [0.3, 0.4) is 0 Å². The first kappa shape index (κ1) is 11.5. The van der Waals surface area contributed by atoms with Gasteiger partial charge in [-0.15, -0.1) is 0 Å². The van der Waals surface area contributed by atoms with E-state index in [0.29, 0.717) is 17.7 Å². The molecule has 2 N–H and O–H groups in total. The number of carbonyl (C=O) groups is 1. The van der Waals surface area contributed by atoms with Gasteiger partial charge in [-0.25, -0.2) is 0 Å². The first-order valence-corrected chi connectivity index (χ1v) is 5.90. The number of rotatable bonds is 2. The Hall–Kier alpha value is -2.56. The fourth-order valence-corrected chi connectivity index (χ4v) is 2.23. The molecule has 0 bridgehead atoms. The van der Waals surface area contributed by atoms with E-state index in [-0.39, 0.29) is 24.0 Å². The van der Waals surface area contributed by atoms with Gasteiger partial charge < -0.3 is 15.1 Å². The normalized spacial score (nSPS) is 13.7. The number of aromatic hydroxyl groups is 2. The third-order valence-electron chi connectivity index (χ3n) is 3.21. The maximum atomic E-state index is 12.2. The second-order valence-corrected chi connectivity index (χ2v) is 4.44. The average molecular weight is 256 g/mol. The quantitative estimate of drug-likeness (QED) is 0.801. The number of benzene rings is 1. The molecule has 0 radical (unpaired) electrons. The zero-order valence-corrected chi connectivity index (χ0v) is 10.1. The van der Waals surface area contributed by atoms with Crippen LogP contribution in [0.4, 0.5) is 0 Å². The number of amides is 1. The van der Waals surface area contributed by atoms with Gasteiger partial charge in [0.15, 0.2) is 11.5 Å². The number of nitrogens with zero attached hydrogens (tertiary/aromatic N) is 2. The molecule has 96 valence electrons. The Balaban J connectivity index is 1.89. The van der Waals surface area contributed by atoms with E-state index >= 15 is 0 Å². The van der Waals surface area contributed by atoms with Crippen LogP contribution in [-0.2, 0) is 13.1 Å². The number of hydrogen-bond acceptors (Lipinski definition) is 4. The molecule has 1 amide bonds. The summed E-state index contributed by atoms with van der Waals surface area (Å²) >= 11 is 0. The Kier molecular flexibility index (Phi) is 2.59. The summed E-state index contributed by atoms with van der Waals surface area (Å²) in [6.07, 6.45) is 1.67. The van der Waals surface area contributed by atoms with Crippen molar-refractivity contribution in [1.82, 2.24) is 9.88 Å². The first-order valence-electron chi connectivity index (χ1n) is 5.90. The molecule has 0 saturated heterocycles. The van der Waals surface area contributed by atoms with E-state index in [0.717, 1.165) is 5.69 Å². The summed E-state index contributed by atoms with van der Waals surface area (Å²) in [5, 5.41) is 19.2. The Morgan fingerprint density at radius 3 is 2.79 bits per heavy atom. The molecule has 1 aromatic heterocycles. The lowest BCUT2D eigenvalue weighted by atomic mass is 10.1. The summed E-state index contributed by atoms with van der Waals surface area (Å²) in [6.45, 7) is 0.666. The van der Waals surface area contributed by atoms with Gasteiger partial charge in [0.2, 0.25) is 0 Å². The van der Waals surface area contributed by atoms with Crippen molar-refractivity contribution in [1.29, 1.82) is 0 Å². The predicted octanol–water partition coefficient (Wildman–Crippen LogP) is 1.65. The fraction of sp³-hybridized carbons (Fsp3) is 0.143. The molecule has 2 aromatic rings. The van der Waals surface area contributed by atoms with Crippen LogP contribution in [0.2, 0.25) is 0 Å². The minimum Gasteiger partial charge on any atom is -0.504 e. The van der Waals surface area contributed by atoms with Crippen LogP contribution in [0.25, 0.3) is 0 Å². The first-order chi connectivity index (χ1) is 9.16. The molecule has 2 heterocycles. The van der Waals surface area contributed by atoms with E-state index < -0.39 is 0 Å². The van der Waals surface area contributed by atoms with Gasteiger partial charge in [0.25, 0.3) is 5.91 Å². The summed E-state index contributed by atoms with van der Waals surface area (Å²) in [5.74, 6) is -0.573. The highest BCUT2D eigenvalue weighted by Crippen LogP contribution is 2.36. The van der Waals surface area contributed by atoms with E-state index in [1.54, 1.807) is 11.1 Å². The highest BCUT2D eigenvalue weighted by molar-refractivity contribution is 5.99. The van der Waals surface area contributed by atoms with Crippen molar-refractivity contribution in [3.63, 3.8) is 0 Å². The maximum absolute atomic E-state index is 12.2. The van der Waals surface area contributed by atoms with Gasteiger partial charge in [-0.05, 0) is 24.3 Å². The lowest BCUT2D eigenvalue weighted by molar-refractivity contribution is 0.0764. The topological polar surface area (TPSA) is 73.7 Å². The highest BCUT2D eigenvalue weighted by atomic mass is 16.3. The van der Waals surface area contributed by atoms with Crippen LogP contribution < -0.4 is 0 Å². The lowest BCUT2D eigenvalue weighted by Crippen LogP contribution is -2.23. The number of fused-ring (bicyclic) bond motifs is 1. The van der Waals surface area contributed by atoms with Gasteiger partial charge in [-0.2, -0.15) is 0 Å². The van der Waals surface area contributed by atoms with Gasteiger partial charge in [0.05, 0.1) is 18.8 Å². The second-order valence-electron chi connectivity index (χ2n) is 4.44. The third kappa shape index (κ3) is 1.89. The van der Waals surface area contributed by atoms with Gasteiger partial charge in [0, 0.05) is 17.3 Å². The minimum atomic E-state index is -0.214. The van der Waals surface area contributed by atoms with Crippen LogP contribution in [-0.4, -0.2) is 26.0 Å². The summed E-state index contributed by atoms with van der Waals surface area (Å²) in [5.41, 5.74) is 1.69. The van der Waals surface area contributed by atoms with Crippen molar-refractivity contribution in [3.05, 3.63) is 53.3 Å². The zero-order valence-electron chi connectivity index (χ0n) is 10.1. The van der Waals surface area contributed by atoms with Crippen molar-refractivity contribution >= 4 is 5.91 Å². The number of phenols is 2. The molecule has 0 atom stereocenters. The molecule has 0 unspecified atom stereocenters. The Bertz CT molecular complexity index is 641. The molecule has 0 spiro atoms. The average Bonchev–Trinajstić information content (AvgIpc) is 2.73. The SMILES string of the molecule is O=C1c2ccc(O)c(O)c2CN1Cc1ccccn1. The van der Waals surface area contributed by atoms with Crippen molar-refractivity contribution < 1.29 is 15.0 Å². The maximum Gasteiger partial charge on any atom is 0.255 e. The molecule has 19 heavy (non-hydrogen) atoms. The third-order valence-corrected chi connectivity index (χ3v) is 3.21. The van der Waals surface area contributed by atoms with Crippen molar-refractivity contribution in [2.24, 2.45) is 0 Å². The molecule has 5 nitrogen and oxygen atoms in total. The summed E-state index contributed by atoms with van der Waals surface area (Å²) < 4.78 is 0. The predicted molar refractivity (Wildman–Crippen MR) is 67.6 cm³/mol. The van der Waals surface area contributed by atoms with E-state index in [1.807, 2.05) is 18.2 Å². The zero-order chi connectivity index (χ0) is 13.4. The number of phenolic OH excluding ortho intramolecular Hbond substituents is 2. The molecule has 0 fully saturated rings. The van der Waals surface area contributed by atoms with Crippen molar-refractivity contribution in [2.45, 2.75) is 13.1 Å². The standard InChI is InChI=1S/C14H12N2O3/c17-12-5-4-10-11(13(12)18)8-16(14(10)19)7-9-3-1-2-6-15-9/h1-6,17-18H,7-8H2. The van der Waals surface area contributed by atoms with Crippen LogP contribution in [0.5, 0.6) is 11.5 Å². The fourth-order valence-electron chi connectivity index (χ4n) is 2.23. The molecule has 1 aliphatic heterocycles. The van der Waals surface area contributed by atoms with E-state index in [4.69, 9.17) is 0 Å². The van der Waals surface area contributed by atoms with Gasteiger partial charge in [-0.1, -0.05) is 6.07 Å². The van der Waals surface area contributed by atoms with E-state index in [9.17, 15) is 15.0 Å². The van der Waals surface area contributed by atoms with Gasteiger partial charge in [-0.3, -0.25) is 9.78 Å². The van der Waals surface area contributed by atoms with Crippen LogP contribution >= 0.6 is 0 Å². The second kappa shape index (κ2) is 4.28. The molecular weight excluding hydrogens is 244 g/mol. The lowest BCUT2D eigenvalue weighted by Gasteiger charge is -2.14. The molecular formula is C14H12N2O3. The number of hydrogen-bond donors (Lipinski definition) is 2. The largest absolute Gasteiger partial charge is 0.504 e. The van der Waals surface area contributed by atoms with Crippen molar-refractivity contribution in [3.8, 4) is 11.5 Å². The molecule has 1 aliphatic rings. The van der Waals surface area contributed by atoms with Crippen LogP contribution in [0.1, 0.15) is 21.6 Å². The molecule has 1 aromatic carbocycles. The summed E-state index contributed by atoms with van der Waals surface area (Å²) in [4.78, 5) is 17.9. The van der Waals surface area contributed by atoms with Crippen molar-refractivity contribution in [2.75, 3.05) is 0 Å². The molecule has 0 saturated carbocycles. The minimum absolute atomic E-state index is 0.157. The van der Waals surface area contributed by atoms with Gasteiger partial charge >= 0.3 is 0 Å². The molecule has 3 rings (SSSR count). The monoisotopic (exact) mass is 256 g/mol. The highest BCUT2D eigenvalue weighted by Gasteiger charge is 2.30. The number of carbonyl (C=O) groups excluding carboxylic acids is 1. The van der Waals surface area contributed by atoms with Crippen LogP contribution in [0, 0.1) is 0 Å². The Morgan fingerprint density at radius 1 is 1.21 bits per heavy atom. The summed E-state index contributed by atoms with van der Waals surface area (Å²) in [7, 11) is 0. The number of aromatic nitrogens is 1.